The molecule has 0 saturated carbocycles. The lowest BCUT2D eigenvalue weighted by Crippen LogP contribution is -2.35. The highest BCUT2D eigenvalue weighted by Crippen LogP contribution is 2.32. The van der Waals surface area contributed by atoms with Gasteiger partial charge in [-0.05, 0) is 36.2 Å². The van der Waals surface area contributed by atoms with E-state index in [1.165, 1.54) is 12.1 Å². The van der Waals surface area contributed by atoms with E-state index >= 15 is 0 Å². The number of fused-ring (bicyclic) bond motifs is 1. The summed E-state index contributed by atoms with van der Waals surface area (Å²) in [6, 6.07) is 10.4. The van der Waals surface area contributed by atoms with Gasteiger partial charge in [-0.15, -0.1) is 0 Å². The van der Waals surface area contributed by atoms with Crippen molar-refractivity contribution >= 4 is 9.84 Å². The van der Waals surface area contributed by atoms with E-state index in [1.807, 2.05) is 24.3 Å². The fourth-order valence-corrected chi connectivity index (χ4v) is 5.70. The molecule has 29 heavy (non-hydrogen) atoms. The first-order valence-electron chi connectivity index (χ1n) is 9.53. The van der Waals surface area contributed by atoms with Crippen molar-refractivity contribution in [2.24, 2.45) is 0 Å². The average Bonchev–Trinajstić information content (AvgIpc) is 3.07. The van der Waals surface area contributed by atoms with Crippen LogP contribution in [-0.2, 0) is 34.3 Å². The first-order chi connectivity index (χ1) is 13.9. The summed E-state index contributed by atoms with van der Waals surface area (Å²) in [6.45, 7) is 1.37. The highest BCUT2D eigenvalue weighted by molar-refractivity contribution is 7.91. The van der Waals surface area contributed by atoms with Crippen LogP contribution in [0.2, 0.25) is 0 Å². The van der Waals surface area contributed by atoms with E-state index in [0.717, 1.165) is 11.3 Å². The summed E-state index contributed by atoms with van der Waals surface area (Å²) in [4.78, 5) is 2.10. The normalized spacial score (nSPS) is 20.3. The highest BCUT2D eigenvalue weighted by Gasteiger charge is 2.33. The molecule has 0 radical (unpaired) electrons. The van der Waals surface area contributed by atoms with E-state index in [4.69, 9.17) is 14.2 Å². The Labute approximate surface area is 170 Å². The molecule has 1 saturated heterocycles. The molecule has 0 amide bonds. The number of hydrogen-bond donors (Lipinski definition) is 0. The van der Waals surface area contributed by atoms with Crippen LogP contribution in [0.5, 0.6) is 11.5 Å². The van der Waals surface area contributed by atoms with Crippen molar-refractivity contribution < 1.29 is 27.0 Å². The smallest absolute Gasteiger partial charge is 0.189 e. The molecule has 2 aromatic rings. The lowest BCUT2D eigenvalue weighted by atomic mass is 10.1. The Kier molecular flexibility index (Phi) is 5.76. The number of halogens is 1. The number of rotatable bonds is 6. The molecule has 2 aliphatic heterocycles. The molecule has 0 spiro atoms. The number of benzene rings is 2. The Balaban J connectivity index is 1.62. The molecule has 0 aromatic heterocycles. The first-order valence-corrected chi connectivity index (χ1v) is 11.3. The summed E-state index contributed by atoms with van der Waals surface area (Å²) in [7, 11) is -1.44. The van der Waals surface area contributed by atoms with Gasteiger partial charge in [0.2, 0.25) is 0 Å². The van der Waals surface area contributed by atoms with E-state index < -0.39 is 9.84 Å². The van der Waals surface area contributed by atoms with E-state index in [2.05, 4.69) is 4.90 Å². The van der Waals surface area contributed by atoms with Gasteiger partial charge in [0.25, 0.3) is 0 Å². The van der Waals surface area contributed by atoms with E-state index in [9.17, 15) is 12.8 Å². The molecule has 8 heteroatoms. The van der Waals surface area contributed by atoms with Crippen molar-refractivity contribution in [1.82, 2.24) is 4.90 Å². The van der Waals surface area contributed by atoms with Gasteiger partial charge in [0.1, 0.15) is 17.3 Å². The summed E-state index contributed by atoms with van der Waals surface area (Å²) in [5.41, 5.74) is 2.42. The van der Waals surface area contributed by atoms with E-state index in [0.29, 0.717) is 43.0 Å². The van der Waals surface area contributed by atoms with Crippen molar-refractivity contribution in [3.63, 3.8) is 0 Å². The molecule has 4 rings (SSSR count). The number of ether oxygens (including phenoxy) is 3. The van der Waals surface area contributed by atoms with E-state index in [-0.39, 0.29) is 30.2 Å². The Morgan fingerprint density at radius 1 is 1.21 bits per heavy atom. The van der Waals surface area contributed by atoms with Crippen molar-refractivity contribution in [2.75, 3.05) is 25.4 Å². The molecule has 2 aliphatic rings. The van der Waals surface area contributed by atoms with Crippen LogP contribution in [0.25, 0.3) is 0 Å². The lowest BCUT2D eigenvalue weighted by Gasteiger charge is -2.30. The number of methoxy groups -OCH3 is 1. The highest BCUT2D eigenvalue weighted by atomic mass is 32.2. The third-order valence-electron chi connectivity index (χ3n) is 5.39. The van der Waals surface area contributed by atoms with Gasteiger partial charge < -0.3 is 14.2 Å². The second kappa shape index (κ2) is 8.30. The molecule has 2 heterocycles. The van der Waals surface area contributed by atoms with Crippen LogP contribution in [0.4, 0.5) is 4.39 Å². The Morgan fingerprint density at radius 3 is 2.69 bits per heavy atom. The fraction of sp³-hybridized carbons (Fsp3) is 0.429. The number of nitrogens with zero attached hydrogens (tertiary/aromatic N) is 1. The van der Waals surface area contributed by atoms with Crippen molar-refractivity contribution in [1.29, 1.82) is 0 Å². The van der Waals surface area contributed by atoms with E-state index in [1.54, 1.807) is 7.11 Å². The molecule has 1 unspecified atom stereocenters. The first kappa shape index (κ1) is 20.1. The molecule has 0 aliphatic carbocycles. The summed E-state index contributed by atoms with van der Waals surface area (Å²) < 4.78 is 54.4. The molecular formula is C21H24FNO5S. The van der Waals surface area contributed by atoms with Gasteiger partial charge in [-0.3, -0.25) is 4.90 Å². The maximum atomic E-state index is 14.2. The molecule has 6 nitrogen and oxygen atoms in total. The summed E-state index contributed by atoms with van der Waals surface area (Å²) >= 11 is 0. The van der Waals surface area contributed by atoms with Crippen LogP contribution in [0.1, 0.15) is 23.1 Å². The number of sulfone groups is 1. The van der Waals surface area contributed by atoms with Crippen LogP contribution in [0.3, 0.4) is 0 Å². The second-order valence-corrected chi connectivity index (χ2v) is 9.70. The SMILES string of the molecule is COc1ccc(CN(Cc2cc(F)cc3c2OCOC3)C2CCS(=O)(=O)C2)cc1. The predicted molar refractivity (Wildman–Crippen MR) is 106 cm³/mol. The van der Waals surface area contributed by atoms with Crippen LogP contribution < -0.4 is 9.47 Å². The maximum absolute atomic E-state index is 14.2. The van der Waals surface area contributed by atoms with Crippen LogP contribution in [-0.4, -0.2) is 44.8 Å². The minimum Gasteiger partial charge on any atom is -0.497 e. The van der Waals surface area contributed by atoms with Gasteiger partial charge in [0.15, 0.2) is 16.6 Å². The minimum atomic E-state index is -3.05. The quantitative estimate of drug-likeness (QED) is 0.715. The molecule has 1 fully saturated rings. The Morgan fingerprint density at radius 2 is 2.00 bits per heavy atom. The zero-order valence-electron chi connectivity index (χ0n) is 16.3. The predicted octanol–water partition coefficient (Wildman–Crippen LogP) is 2.89. The maximum Gasteiger partial charge on any atom is 0.189 e. The zero-order chi connectivity index (χ0) is 20.4. The molecule has 156 valence electrons. The standard InChI is InChI=1S/C21H24FNO5S/c1-26-20-4-2-15(3-5-20)10-23(19-6-7-29(24,25)13-19)11-16-8-18(22)9-17-12-27-14-28-21(16)17/h2-5,8-9,19H,6-7,10-14H2,1H3. The molecule has 2 aromatic carbocycles. The van der Waals surface area contributed by atoms with Crippen LogP contribution in [0, 0.1) is 5.82 Å². The second-order valence-electron chi connectivity index (χ2n) is 7.47. The van der Waals surface area contributed by atoms with Gasteiger partial charge in [-0.2, -0.15) is 0 Å². The molecule has 0 N–H and O–H groups in total. The zero-order valence-corrected chi connectivity index (χ0v) is 17.1. The Hall–Kier alpha value is -2.16. The average molecular weight is 421 g/mol. The molecule has 0 bridgehead atoms. The molecular weight excluding hydrogens is 397 g/mol. The lowest BCUT2D eigenvalue weighted by molar-refractivity contribution is -0.0178. The minimum absolute atomic E-state index is 0.116. The fourth-order valence-electron chi connectivity index (χ4n) is 3.94. The van der Waals surface area contributed by atoms with Gasteiger partial charge >= 0.3 is 0 Å². The largest absolute Gasteiger partial charge is 0.497 e. The monoisotopic (exact) mass is 421 g/mol. The van der Waals surface area contributed by atoms with Gasteiger partial charge in [-0.25, -0.2) is 12.8 Å². The third kappa shape index (κ3) is 4.71. The Bertz CT molecular complexity index is 977. The van der Waals surface area contributed by atoms with Gasteiger partial charge in [-0.1, -0.05) is 12.1 Å². The van der Waals surface area contributed by atoms with Crippen LogP contribution in [0.15, 0.2) is 36.4 Å². The topological polar surface area (TPSA) is 65.1 Å². The summed E-state index contributed by atoms with van der Waals surface area (Å²) in [5.74, 6) is 1.35. The van der Waals surface area contributed by atoms with Crippen molar-refractivity contribution in [3.05, 3.63) is 58.9 Å². The van der Waals surface area contributed by atoms with Gasteiger partial charge in [0, 0.05) is 30.3 Å². The third-order valence-corrected chi connectivity index (χ3v) is 7.15. The van der Waals surface area contributed by atoms with Crippen LogP contribution >= 0.6 is 0 Å². The number of hydrogen-bond acceptors (Lipinski definition) is 6. The summed E-state index contributed by atoms with van der Waals surface area (Å²) in [5, 5.41) is 0. The van der Waals surface area contributed by atoms with Gasteiger partial charge in [0.05, 0.1) is 25.2 Å². The van der Waals surface area contributed by atoms with Crippen molar-refractivity contribution in [2.45, 2.75) is 32.2 Å². The van der Waals surface area contributed by atoms with Crippen molar-refractivity contribution in [3.8, 4) is 11.5 Å². The summed E-state index contributed by atoms with van der Waals surface area (Å²) in [6.07, 6.45) is 0.569. The molecule has 1 atom stereocenters.